The fraction of sp³-hybridized carbons (Fsp3) is 0.167. The van der Waals surface area contributed by atoms with Crippen LogP contribution in [0, 0.1) is 0 Å². The van der Waals surface area contributed by atoms with E-state index in [2.05, 4.69) is 88.4 Å². The van der Waals surface area contributed by atoms with Gasteiger partial charge in [0.05, 0.1) is 53.0 Å². The van der Waals surface area contributed by atoms with Gasteiger partial charge < -0.3 is 14.6 Å². The van der Waals surface area contributed by atoms with Gasteiger partial charge >= 0.3 is 11.9 Å². The van der Waals surface area contributed by atoms with Gasteiger partial charge in [-0.25, -0.2) is 9.59 Å². The summed E-state index contributed by atoms with van der Waals surface area (Å²) in [6.07, 6.45) is 7.52. The van der Waals surface area contributed by atoms with E-state index < -0.39 is 5.97 Å². The Morgan fingerprint density at radius 2 is 1.12 bits per heavy atom. The Bertz CT molecular complexity index is 2050. The predicted molar refractivity (Wildman–Crippen MR) is 223 cm³/mol. The molecule has 0 amide bonds. The fourth-order valence-electron chi connectivity index (χ4n) is 5.22. The molecule has 0 saturated heterocycles. The maximum atomic E-state index is 11.7. The lowest BCUT2D eigenvalue weighted by Crippen LogP contribution is -2.03. The number of esters is 2. The number of carbonyl (C=O) groups excluding carboxylic acids is 2. The normalized spacial score (nSPS) is 10.7. The van der Waals surface area contributed by atoms with Crippen LogP contribution in [0.3, 0.4) is 0 Å². The van der Waals surface area contributed by atoms with Crippen molar-refractivity contribution in [3.8, 4) is 0 Å². The zero-order valence-electron chi connectivity index (χ0n) is 27.5. The van der Waals surface area contributed by atoms with Gasteiger partial charge in [0.2, 0.25) is 0 Å². The number of aliphatic hydroxyl groups excluding tert-OH is 1. The van der Waals surface area contributed by atoms with Gasteiger partial charge in [0, 0.05) is 70.7 Å². The summed E-state index contributed by atoms with van der Waals surface area (Å²) in [5, 5.41) is 13.3. The van der Waals surface area contributed by atoms with Gasteiger partial charge in [-0.15, -0.1) is 0 Å². The van der Waals surface area contributed by atoms with Crippen LogP contribution in [0.15, 0.2) is 85.5 Å². The van der Waals surface area contributed by atoms with Gasteiger partial charge in [0.15, 0.2) is 0 Å². The molecule has 0 radical (unpaired) electrons. The smallest absolute Gasteiger partial charge is 0.337 e. The number of nitrogens with zero attached hydrogens (tertiary/aromatic N) is 4. The van der Waals surface area contributed by atoms with Crippen LogP contribution in [0.2, 0.25) is 10.0 Å². The van der Waals surface area contributed by atoms with Crippen LogP contribution in [0.25, 0.3) is 21.8 Å². The van der Waals surface area contributed by atoms with E-state index in [0.29, 0.717) is 39.3 Å². The number of aromatic nitrogens is 4. The quantitative estimate of drug-likeness (QED) is 0.0901. The predicted octanol–water partition coefficient (Wildman–Crippen LogP) is 11.1. The summed E-state index contributed by atoms with van der Waals surface area (Å²) in [7, 11) is 2.71. The van der Waals surface area contributed by atoms with Crippen molar-refractivity contribution < 1.29 is 24.2 Å². The number of methoxy groups -OCH3 is 2. The van der Waals surface area contributed by atoms with Crippen molar-refractivity contribution in [1.29, 1.82) is 0 Å². The molecule has 0 unspecified atom stereocenters. The molecular formula is C36H29Br4Cl2N4O5P. The van der Waals surface area contributed by atoms with Crippen molar-refractivity contribution in [3.63, 3.8) is 0 Å². The number of ether oxygens (including phenoxy) is 2. The Morgan fingerprint density at radius 3 is 1.52 bits per heavy atom. The molecule has 0 bridgehead atoms. The molecule has 0 spiro atoms. The van der Waals surface area contributed by atoms with Gasteiger partial charge in [-0.3, -0.25) is 19.9 Å². The third-order valence-corrected chi connectivity index (χ3v) is 8.35. The second kappa shape index (κ2) is 20.7. The molecule has 0 fully saturated rings. The summed E-state index contributed by atoms with van der Waals surface area (Å²) < 4.78 is 9.30. The highest BCUT2D eigenvalue weighted by atomic mass is 80.0. The molecule has 0 aliphatic rings. The third-order valence-electron chi connectivity index (χ3n) is 7.34. The lowest BCUT2D eigenvalue weighted by atomic mass is 10.0. The zero-order chi connectivity index (χ0) is 37.8. The number of halogens is 6. The maximum absolute atomic E-state index is 11.7. The number of carbonyl (C=O) groups is 2. The SMILES string of the molecule is BrP(Br)Br.COC(=O)c1ccnc(Cc2cc(CBr)c3ncc(Cl)cc3c2)c1.COC(=O)c1ccnc(Cc2cc(CO)c3ncc(Cl)cc3c2)c1. The van der Waals surface area contributed by atoms with E-state index in [1.165, 1.54) is 14.2 Å². The van der Waals surface area contributed by atoms with Gasteiger partial charge in [0.25, 0.3) is 0 Å². The van der Waals surface area contributed by atoms with Crippen molar-refractivity contribution in [1.82, 2.24) is 19.9 Å². The van der Waals surface area contributed by atoms with Crippen LogP contribution >= 0.6 is 89.6 Å². The van der Waals surface area contributed by atoms with Crippen LogP contribution in [-0.4, -0.2) is 51.2 Å². The van der Waals surface area contributed by atoms with Crippen LogP contribution in [0.4, 0.5) is 0 Å². The molecule has 0 aliphatic carbocycles. The van der Waals surface area contributed by atoms with Crippen molar-refractivity contribution >= 4 is 123 Å². The standard InChI is InChI=1S/C18H14BrClN2O2.C18H15ClN2O3.Br3P/c1-24-18(23)12-2-3-21-16(8-12)6-11-4-13-7-15(20)10-22-17(13)14(5-11)9-19;1-24-18(23)12-2-3-20-16(8-12)6-11-4-13-7-15(19)9-21-17(13)14(5-11)10-22;1-4(2)3/h2-5,7-8,10H,6,9H2,1H3;2-5,7-9,22H,6,10H2,1H3;. The van der Waals surface area contributed by atoms with E-state index in [9.17, 15) is 14.7 Å². The number of alkyl halides is 1. The first kappa shape index (κ1) is 42.1. The zero-order valence-corrected chi connectivity index (χ0v) is 36.2. The topological polar surface area (TPSA) is 124 Å². The molecule has 9 nitrogen and oxygen atoms in total. The average molecular weight is 1020 g/mol. The van der Waals surface area contributed by atoms with Gasteiger partial charge in [0.1, 0.15) is 4.03 Å². The van der Waals surface area contributed by atoms with E-state index in [4.69, 9.17) is 32.7 Å². The Hall–Kier alpha value is -2.61. The first-order chi connectivity index (χ1) is 24.9. The molecule has 6 rings (SSSR count). The molecular weight excluding hydrogens is 990 g/mol. The minimum atomic E-state index is -0.399. The van der Waals surface area contributed by atoms with Gasteiger partial charge in [-0.1, -0.05) is 51.3 Å². The minimum Gasteiger partial charge on any atom is -0.465 e. The summed E-state index contributed by atoms with van der Waals surface area (Å²) in [6.45, 7) is -0.116. The molecule has 52 heavy (non-hydrogen) atoms. The van der Waals surface area contributed by atoms with E-state index >= 15 is 0 Å². The summed E-state index contributed by atoms with van der Waals surface area (Å²) in [4.78, 5) is 40.6. The molecule has 2 aromatic carbocycles. The molecule has 0 saturated carbocycles. The minimum absolute atomic E-state index is 0.116. The molecule has 16 heteroatoms. The largest absolute Gasteiger partial charge is 0.465 e. The van der Waals surface area contributed by atoms with E-state index in [1.54, 1.807) is 49.1 Å². The highest BCUT2D eigenvalue weighted by molar-refractivity contribution is 9.93. The molecule has 4 aromatic heterocycles. The monoisotopic (exact) mass is 1010 g/mol. The fourth-order valence-corrected chi connectivity index (χ4v) is 5.98. The number of hydrogen-bond donors (Lipinski definition) is 1. The van der Waals surface area contributed by atoms with Crippen LogP contribution in [0.1, 0.15) is 54.4 Å². The van der Waals surface area contributed by atoms with Crippen LogP contribution < -0.4 is 0 Å². The number of pyridine rings is 4. The lowest BCUT2D eigenvalue weighted by molar-refractivity contribution is 0.0591. The second-order valence-corrected chi connectivity index (χ2v) is 27.6. The second-order valence-electron chi connectivity index (χ2n) is 10.9. The van der Waals surface area contributed by atoms with E-state index in [0.717, 1.165) is 55.4 Å². The van der Waals surface area contributed by atoms with Gasteiger partial charge in [-0.05, 0) is 112 Å². The highest BCUT2D eigenvalue weighted by Crippen LogP contribution is 2.59. The van der Waals surface area contributed by atoms with Crippen LogP contribution in [0.5, 0.6) is 0 Å². The first-order valence-electron chi connectivity index (χ1n) is 15.1. The van der Waals surface area contributed by atoms with E-state index in [-0.39, 0.29) is 16.6 Å². The summed E-state index contributed by atoms with van der Waals surface area (Å²) in [6, 6.07) is 18.4. The maximum Gasteiger partial charge on any atom is 0.337 e. The lowest BCUT2D eigenvalue weighted by Gasteiger charge is -2.09. The number of rotatable bonds is 8. The van der Waals surface area contributed by atoms with Crippen molar-refractivity contribution in [2.75, 3.05) is 14.2 Å². The number of benzene rings is 2. The molecule has 270 valence electrons. The summed E-state index contributed by atoms with van der Waals surface area (Å²) in [5.74, 6) is -0.765. The summed E-state index contributed by atoms with van der Waals surface area (Å²) in [5.41, 5.74) is 7.97. The van der Waals surface area contributed by atoms with Crippen LogP contribution in [-0.2, 0) is 34.3 Å². The first-order valence-corrected chi connectivity index (χ1v) is 24.4. The number of hydrogen-bond acceptors (Lipinski definition) is 9. The Kier molecular flexibility index (Phi) is 16.8. The molecule has 0 atom stereocenters. The molecule has 1 N–H and O–H groups in total. The Morgan fingerprint density at radius 1 is 0.692 bits per heavy atom. The molecule has 0 aliphatic heterocycles. The van der Waals surface area contributed by atoms with Gasteiger partial charge in [-0.2, -0.15) is 0 Å². The Labute approximate surface area is 344 Å². The van der Waals surface area contributed by atoms with Crippen molar-refractivity contribution in [2.24, 2.45) is 0 Å². The third kappa shape index (κ3) is 12.2. The van der Waals surface area contributed by atoms with Crippen molar-refractivity contribution in [2.45, 2.75) is 24.8 Å². The molecule has 6 aromatic rings. The molecule has 4 heterocycles. The van der Waals surface area contributed by atoms with E-state index in [1.807, 2.05) is 30.3 Å². The van der Waals surface area contributed by atoms with Crippen molar-refractivity contribution in [3.05, 3.63) is 140 Å². The summed E-state index contributed by atoms with van der Waals surface area (Å²) >= 11 is 25.1. The number of aliphatic hydroxyl groups is 1. The Balaban J connectivity index is 0.000000211. The average Bonchev–Trinajstić information content (AvgIpc) is 3.13. The number of fused-ring (bicyclic) bond motifs is 2. The highest BCUT2D eigenvalue weighted by Gasteiger charge is 2.12.